The molecule has 0 unspecified atom stereocenters. The van der Waals surface area contributed by atoms with Gasteiger partial charge in [0.1, 0.15) is 11.6 Å². The molecule has 1 aliphatic heterocycles. The van der Waals surface area contributed by atoms with Gasteiger partial charge in [0.25, 0.3) is 0 Å². The number of hydrogen-bond donors (Lipinski definition) is 0. The van der Waals surface area contributed by atoms with Gasteiger partial charge in [-0.05, 0) is 37.1 Å². The van der Waals surface area contributed by atoms with E-state index in [4.69, 9.17) is 0 Å². The van der Waals surface area contributed by atoms with E-state index in [1.54, 1.807) is 15.8 Å². The lowest BCUT2D eigenvalue weighted by molar-refractivity contribution is -0.123. The lowest BCUT2D eigenvalue weighted by atomic mass is 10.0. The van der Waals surface area contributed by atoms with Crippen LogP contribution in [0.2, 0.25) is 0 Å². The molecule has 1 amide bonds. The lowest BCUT2D eigenvalue weighted by Gasteiger charge is -2.27. The molecule has 0 N–H and O–H groups in total. The van der Waals surface area contributed by atoms with Gasteiger partial charge < -0.3 is 0 Å². The van der Waals surface area contributed by atoms with Crippen molar-refractivity contribution < 1.29 is 9.59 Å². The smallest absolute Gasteiger partial charge is 0.228 e. The zero-order chi connectivity index (χ0) is 19.5. The zero-order valence-electron chi connectivity index (χ0n) is 15.9. The second-order valence-corrected chi connectivity index (χ2v) is 7.10. The van der Waals surface area contributed by atoms with Crippen LogP contribution in [0.25, 0.3) is 5.69 Å². The Bertz CT molecular complexity index is 973. The minimum absolute atomic E-state index is 0.0109. The van der Waals surface area contributed by atoms with E-state index in [0.29, 0.717) is 13.0 Å². The fourth-order valence-electron chi connectivity index (χ4n) is 3.54. The van der Waals surface area contributed by atoms with Gasteiger partial charge in [-0.15, -0.1) is 0 Å². The van der Waals surface area contributed by atoms with Crippen molar-refractivity contribution in [2.75, 3.05) is 11.4 Å². The van der Waals surface area contributed by atoms with Crippen LogP contribution in [0.1, 0.15) is 30.5 Å². The molecule has 0 saturated carbocycles. The molecular formula is C21H23N5O2. The number of fused-ring (bicyclic) bond motifs is 1. The summed E-state index contributed by atoms with van der Waals surface area (Å²) in [5, 5.41) is 8.60. The lowest BCUT2D eigenvalue weighted by Crippen LogP contribution is -2.37. The summed E-state index contributed by atoms with van der Waals surface area (Å²) in [5.41, 5.74) is 2.80. The Hall–Kier alpha value is -3.22. The van der Waals surface area contributed by atoms with Gasteiger partial charge in [0.05, 0.1) is 11.4 Å². The summed E-state index contributed by atoms with van der Waals surface area (Å²) < 4.78 is 3.65. The first kappa shape index (κ1) is 18.2. The van der Waals surface area contributed by atoms with E-state index in [2.05, 4.69) is 10.2 Å². The SMILES string of the molecule is Cc1cc2n(n1)CCCN2C(=O)CCC(=O)Cc1ccc(-n2cccn2)cc1. The van der Waals surface area contributed by atoms with E-state index < -0.39 is 0 Å². The summed E-state index contributed by atoms with van der Waals surface area (Å²) in [7, 11) is 0. The van der Waals surface area contributed by atoms with Gasteiger partial charge >= 0.3 is 0 Å². The maximum Gasteiger partial charge on any atom is 0.228 e. The maximum atomic E-state index is 12.6. The third-order valence-corrected chi connectivity index (χ3v) is 4.93. The van der Waals surface area contributed by atoms with Crippen LogP contribution in [0, 0.1) is 6.92 Å². The minimum atomic E-state index is -0.0109. The third kappa shape index (κ3) is 3.88. The molecule has 1 aliphatic rings. The van der Waals surface area contributed by atoms with E-state index >= 15 is 0 Å². The van der Waals surface area contributed by atoms with Gasteiger partial charge in [0.15, 0.2) is 0 Å². The van der Waals surface area contributed by atoms with Gasteiger partial charge in [-0.3, -0.25) is 14.5 Å². The molecule has 0 saturated heterocycles. The fourth-order valence-corrected chi connectivity index (χ4v) is 3.54. The second kappa shape index (κ2) is 7.80. The van der Waals surface area contributed by atoms with Crippen molar-refractivity contribution in [3.63, 3.8) is 0 Å². The first-order valence-corrected chi connectivity index (χ1v) is 9.55. The Balaban J connectivity index is 1.32. The Morgan fingerprint density at radius 3 is 2.68 bits per heavy atom. The average Bonchev–Trinajstić information content (AvgIpc) is 3.35. The van der Waals surface area contributed by atoms with E-state index in [9.17, 15) is 9.59 Å². The molecular weight excluding hydrogens is 354 g/mol. The summed E-state index contributed by atoms with van der Waals surface area (Å²) in [4.78, 5) is 26.7. The third-order valence-electron chi connectivity index (χ3n) is 4.93. The fraction of sp³-hybridized carbons (Fsp3) is 0.333. The highest BCUT2D eigenvalue weighted by Gasteiger charge is 2.24. The molecule has 0 spiro atoms. The molecule has 0 bridgehead atoms. The highest BCUT2D eigenvalue weighted by molar-refractivity contribution is 5.95. The Morgan fingerprint density at radius 1 is 1.11 bits per heavy atom. The molecule has 3 aromatic rings. The van der Waals surface area contributed by atoms with Crippen LogP contribution in [-0.2, 0) is 22.6 Å². The van der Waals surface area contributed by atoms with Crippen molar-refractivity contribution >= 4 is 17.5 Å². The summed E-state index contributed by atoms with van der Waals surface area (Å²) in [6, 6.07) is 11.5. The predicted molar refractivity (Wildman–Crippen MR) is 105 cm³/mol. The molecule has 7 heteroatoms. The van der Waals surface area contributed by atoms with Gasteiger partial charge in [-0.1, -0.05) is 12.1 Å². The summed E-state index contributed by atoms with van der Waals surface area (Å²) in [6.07, 6.45) is 5.31. The maximum absolute atomic E-state index is 12.6. The number of amides is 1. The number of hydrogen-bond acceptors (Lipinski definition) is 4. The number of nitrogens with zero attached hydrogens (tertiary/aromatic N) is 5. The molecule has 0 aliphatic carbocycles. The Morgan fingerprint density at radius 2 is 1.93 bits per heavy atom. The zero-order valence-corrected chi connectivity index (χ0v) is 15.9. The van der Waals surface area contributed by atoms with E-state index in [0.717, 1.165) is 35.7 Å². The largest absolute Gasteiger partial charge is 0.299 e. The van der Waals surface area contributed by atoms with Crippen molar-refractivity contribution in [2.45, 2.75) is 39.2 Å². The van der Waals surface area contributed by atoms with Crippen LogP contribution in [-0.4, -0.2) is 37.8 Å². The predicted octanol–water partition coefficient (Wildman–Crippen LogP) is 2.71. The van der Waals surface area contributed by atoms with Gasteiger partial charge in [0, 0.05) is 50.8 Å². The topological polar surface area (TPSA) is 73.0 Å². The highest BCUT2D eigenvalue weighted by Crippen LogP contribution is 2.22. The molecule has 0 atom stereocenters. The molecule has 144 valence electrons. The van der Waals surface area contributed by atoms with Gasteiger partial charge in [-0.25, -0.2) is 9.36 Å². The van der Waals surface area contributed by atoms with Gasteiger partial charge in [-0.2, -0.15) is 10.2 Å². The quantitative estimate of drug-likeness (QED) is 0.662. The number of carbonyl (C=O) groups excluding carboxylic acids is 2. The first-order chi connectivity index (χ1) is 13.6. The number of anilines is 1. The number of carbonyl (C=O) groups is 2. The van der Waals surface area contributed by atoms with Crippen LogP contribution < -0.4 is 4.90 Å². The number of benzene rings is 1. The molecule has 7 nitrogen and oxygen atoms in total. The molecule has 0 radical (unpaired) electrons. The van der Waals surface area contributed by atoms with Crippen molar-refractivity contribution in [1.82, 2.24) is 19.6 Å². The number of aryl methyl sites for hydroxylation is 2. The monoisotopic (exact) mass is 377 g/mol. The first-order valence-electron chi connectivity index (χ1n) is 9.55. The molecule has 2 aromatic heterocycles. The minimum Gasteiger partial charge on any atom is -0.299 e. The van der Waals surface area contributed by atoms with E-state index in [1.165, 1.54) is 0 Å². The Labute approximate surface area is 163 Å². The van der Waals surface area contributed by atoms with Crippen molar-refractivity contribution in [1.29, 1.82) is 0 Å². The average molecular weight is 377 g/mol. The normalized spacial score (nSPS) is 13.4. The molecule has 0 fully saturated rings. The summed E-state index contributed by atoms with van der Waals surface area (Å²) in [6.45, 7) is 3.45. The van der Waals surface area contributed by atoms with Crippen LogP contribution in [0.15, 0.2) is 48.8 Å². The van der Waals surface area contributed by atoms with Crippen LogP contribution >= 0.6 is 0 Å². The summed E-state index contributed by atoms with van der Waals surface area (Å²) >= 11 is 0. The van der Waals surface area contributed by atoms with Crippen molar-refractivity contribution in [3.8, 4) is 5.69 Å². The second-order valence-electron chi connectivity index (χ2n) is 7.10. The Kier molecular flexibility index (Phi) is 5.06. The van der Waals surface area contributed by atoms with Crippen molar-refractivity contribution in [3.05, 3.63) is 60.0 Å². The molecule has 4 rings (SSSR count). The molecule has 3 heterocycles. The van der Waals surface area contributed by atoms with Crippen LogP contribution in [0.4, 0.5) is 5.82 Å². The van der Waals surface area contributed by atoms with E-state index in [-0.39, 0.29) is 24.5 Å². The number of Topliss-reactive ketones (excluding diaryl/α,β-unsaturated/α-hetero) is 1. The van der Waals surface area contributed by atoms with Crippen LogP contribution in [0.3, 0.4) is 0 Å². The van der Waals surface area contributed by atoms with Gasteiger partial charge in [0.2, 0.25) is 5.91 Å². The molecule has 28 heavy (non-hydrogen) atoms. The number of ketones is 1. The van der Waals surface area contributed by atoms with E-state index in [1.807, 2.05) is 54.2 Å². The van der Waals surface area contributed by atoms with Crippen molar-refractivity contribution in [2.24, 2.45) is 0 Å². The standard InChI is InChI=1S/C21H23N5O2/c1-16-14-20-24(11-3-13-26(20)23-16)21(28)9-8-19(27)15-17-4-6-18(7-5-17)25-12-2-10-22-25/h2,4-7,10,12,14H,3,8-9,11,13,15H2,1H3. The number of rotatable bonds is 6. The van der Waals surface area contributed by atoms with Crippen LogP contribution in [0.5, 0.6) is 0 Å². The highest BCUT2D eigenvalue weighted by atomic mass is 16.2. The molecule has 1 aromatic carbocycles. The number of aromatic nitrogens is 4. The summed E-state index contributed by atoms with van der Waals surface area (Å²) in [5.74, 6) is 0.903.